The fourth-order valence-electron chi connectivity index (χ4n) is 4.56. The number of piperidine rings is 1. The Morgan fingerprint density at radius 1 is 0.962 bits per heavy atom. The number of aliphatic hydroxyl groups excluding tert-OH is 1. The lowest BCUT2D eigenvalue weighted by atomic mass is 9.94. The number of aliphatic hydroxyl groups is 1. The number of anilines is 1. The van der Waals surface area contributed by atoms with E-state index in [1.165, 1.54) is 36.1 Å². The van der Waals surface area contributed by atoms with Gasteiger partial charge in [0.1, 0.15) is 0 Å². The summed E-state index contributed by atoms with van der Waals surface area (Å²) in [5, 5.41) is 10.7. The molecule has 0 radical (unpaired) electrons. The number of likely N-dealkylation sites (tertiary alicyclic amines) is 1. The number of fused-ring (bicyclic) bond motifs is 1. The highest BCUT2D eigenvalue weighted by Gasteiger charge is 2.30. The Hall–Kier alpha value is -1.84. The summed E-state index contributed by atoms with van der Waals surface area (Å²) in [6.07, 6.45) is 3.27. The van der Waals surface area contributed by atoms with Gasteiger partial charge in [0.15, 0.2) is 0 Å². The molecule has 2 heterocycles. The fourth-order valence-corrected chi connectivity index (χ4v) is 4.56. The molecule has 26 heavy (non-hydrogen) atoms. The molecule has 3 heteroatoms. The Kier molecular flexibility index (Phi) is 5.28. The Morgan fingerprint density at radius 2 is 1.65 bits per heavy atom. The predicted molar refractivity (Wildman–Crippen MR) is 108 cm³/mol. The third kappa shape index (κ3) is 3.65. The van der Waals surface area contributed by atoms with Gasteiger partial charge in [-0.3, -0.25) is 0 Å². The average Bonchev–Trinajstić information content (AvgIpc) is 3.13. The molecule has 0 amide bonds. The molecule has 1 saturated heterocycles. The van der Waals surface area contributed by atoms with Crippen LogP contribution in [-0.2, 0) is 6.42 Å². The van der Waals surface area contributed by atoms with Crippen molar-refractivity contribution in [1.82, 2.24) is 4.90 Å². The number of para-hydroxylation sites is 1. The van der Waals surface area contributed by atoms with Crippen molar-refractivity contribution in [3.8, 4) is 0 Å². The topological polar surface area (TPSA) is 26.7 Å². The molecule has 1 fully saturated rings. The largest absolute Gasteiger partial charge is 0.391 e. The van der Waals surface area contributed by atoms with E-state index in [-0.39, 0.29) is 12.0 Å². The highest BCUT2D eigenvalue weighted by atomic mass is 16.3. The van der Waals surface area contributed by atoms with Crippen molar-refractivity contribution < 1.29 is 5.11 Å². The summed E-state index contributed by atoms with van der Waals surface area (Å²) in [6.45, 7) is 6.24. The van der Waals surface area contributed by atoms with Crippen LogP contribution in [0.2, 0.25) is 0 Å². The van der Waals surface area contributed by atoms with Crippen LogP contribution in [0.5, 0.6) is 0 Å². The summed E-state index contributed by atoms with van der Waals surface area (Å²) < 4.78 is 0. The monoisotopic (exact) mass is 350 g/mol. The van der Waals surface area contributed by atoms with Gasteiger partial charge in [-0.2, -0.15) is 0 Å². The van der Waals surface area contributed by atoms with E-state index in [1.54, 1.807) is 0 Å². The first-order chi connectivity index (χ1) is 12.7. The highest BCUT2D eigenvalue weighted by molar-refractivity contribution is 5.58. The molecule has 2 aliphatic heterocycles. The lowest BCUT2D eigenvalue weighted by Crippen LogP contribution is -2.46. The third-order valence-electron chi connectivity index (χ3n) is 6.27. The molecule has 2 unspecified atom stereocenters. The van der Waals surface area contributed by atoms with Crippen LogP contribution >= 0.6 is 0 Å². The first-order valence-electron chi connectivity index (χ1n) is 10.0. The molecule has 2 atom stereocenters. The van der Waals surface area contributed by atoms with Crippen LogP contribution in [0.15, 0.2) is 54.6 Å². The van der Waals surface area contributed by atoms with Gasteiger partial charge in [-0.1, -0.05) is 55.5 Å². The molecule has 2 aliphatic rings. The molecule has 0 aliphatic carbocycles. The van der Waals surface area contributed by atoms with Gasteiger partial charge in [0.25, 0.3) is 0 Å². The van der Waals surface area contributed by atoms with Gasteiger partial charge >= 0.3 is 0 Å². The second-order valence-corrected chi connectivity index (χ2v) is 7.87. The molecule has 2 aromatic carbocycles. The van der Waals surface area contributed by atoms with Crippen LogP contribution in [-0.4, -0.2) is 48.3 Å². The van der Waals surface area contributed by atoms with E-state index in [4.69, 9.17) is 0 Å². The molecule has 0 bridgehead atoms. The minimum Gasteiger partial charge on any atom is -0.391 e. The molecule has 2 aromatic rings. The van der Waals surface area contributed by atoms with Gasteiger partial charge < -0.3 is 14.9 Å². The number of hydrogen-bond acceptors (Lipinski definition) is 3. The molecule has 0 spiro atoms. The van der Waals surface area contributed by atoms with Crippen molar-refractivity contribution in [3.05, 3.63) is 65.7 Å². The van der Waals surface area contributed by atoms with E-state index < -0.39 is 0 Å². The summed E-state index contributed by atoms with van der Waals surface area (Å²) in [7, 11) is 0. The smallest absolute Gasteiger partial charge is 0.0732 e. The van der Waals surface area contributed by atoms with Crippen LogP contribution < -0.4 is 4.90 Å². The van der Waals surface area contributed by atoms with E-state index in [0.717, 1.165) is 26.2 Å². The maximum atomic E-state index is 10.7. The minimum absolute atomic E-state index is 0.180. The molecule has 0 saturated carbocycles. The summed E-state index contributed by atoms with van der Waals surface area (Å²) in [5.41, 5.74) is 4.18. The van der Waals surface area contributed by atoms with Crippen molar-refractivity contribution in [2.75, 3.05) is 31.1 Å². The van der Waals surface area contributed by atoms with Crippen LogP contribution in [0.4, 0.5) is 5.69 Å². The van der Waals surface area contributed by atoms with E-state index in [1.807, 2.05) is 6.07 Å². The Morgan fingerprint density at radius 3 is 2.42 bits per heavy atom. The molecular weight excluding hydrogens is 320 g/mol. The van der Waals surface area contributed by atoms with Crippen LogP contribution in [0, 0.1) is 0 Å². The van der Waals surface area contributed by atoms with Gasteiger partial charge in [-0.15, -0.1) is 0 Å². The standard InChI is InChI=1S/C23H30N2O/c1-18(19-7-3-2-4-8-19)23(26)17-24-14-12-21(13-15-24)25-16-11-20-9-5-6-10-22(20)25/h2-10,18,21,23,26H,11-17H2,1H3. The second-order valence-electron chi connectivity index (χ2n) is 7.87. The van der Waals surface area contributed by atoms with Crippen molar-refractivity contribution in [2.45, 2.75) is 44.2 Å². The molecular formula is C23H30N2O. The van der Waals surface area contributed by atoms with E-state index in [2.05, 4.69) is 65.3 Å². The summed E-state index contributed by atoms with van der Waals surface area (Å²) >= 11 is 0. The number of rotatable bonds is 5. The van der Waals surface area contributed by atoms with Gasteiger partial charge in [0.05, 0.1) is 6.10 Å². The van der Waals surface area contributed by atoms with Gasteiger partial charge in [0.2, 0.25) is 0 Å². The van der Waals surface area contributed by atoms with Crippen molar-refractivity contribution in [2.24, 2.45) is 0 Å². The Labute approximate surface area is 157 Å². The van der Waals surface area contributed by atoms with Crippen LogP contribution in [0.1, 0.15) is 36.8 Å². The Bertz CT molecular complexity index is 709. The maximum Gasteiger partial charge on any atom is 0.0732 e. The SMILES string of the molecule is CC(c1ccccc1)C(O)CN1CCC(N2CCc3ccccc32)CC1. The minimum atomic E-state index is -0.304. The first-order valence-corrected chi connectivity index (χ1v) is 10.0. The summed E-state index contributed by atoms with van der Waals surface area (Å²) in [6, 6.07) is 19.9. The Balaban J connectivity index is 1.30. The quantitative estimate of drug-likeness (QED) is 0.891. The molecule has 4 rings (SSSR count). The first kappa shape index (κ1) is 17.6. The van der Waals surface area contributed by atoms with Crippen molar-refractivity contribution in [3.63, 3.8) is 0 Å². The summed E-state index contributed by atoms with van der Waals surface area (Å²) in [5.74, 6) is 0.180. The molecule has 138 valence electrons. The number of β-amino-alcohol motifs (C(OH)–C–C–N with tert-alkyl or cyclic N) is 1. The van der Waals surface area contributed by atoms with Gasteiger partial charge in [0, 0.05) is 43.8 Å². The fraction of sp³-hybridized carbons (Fsp3) is 0.478. The van der Waals surface area contributed by atoms with Crippen molar-refractivity contribution >= 4 is 5.69 Å². The lowest BCUT2D eigenvalue weighted by Gasteiger charge is -2.39. The zero-order valence-electron chi connectivity index (χ0n) is 15.7. The van der Waals surface area contributed by atoms with E-state index >= 15 is 0 Å². The second kappa shape index (κ2) is 7.81. The summed E-state index contributed by atoms with van der Waals surface area (Å²) in [4.78, 5) is 5.07. The lowest BCUT2D eigenvalue weighted by molar-refractivity contribution is 0.0812. The zero-order chi connectivity index (χ0) is 17.9. The molecule has 0 aromatic heterocycles. The number of benzene rings is 2. The maximum absolute atomic E-state index is 10.7. The number of nitrogens with zero attached hydrogens (tertiary/aromatic N) is 2. The highest BCUT2D eigenvalue weighted by Crippen LogP contribution is 2.32. The van der Waals surface area contributed by atoms with Crippen LogP contribution in [0.25, 0.3) is 0 Å². The van der Waals surface area contributed by atoms with Gasteiger partial charge in [-0.05, 0) is 36.5 Å². The normalized spacial score (nSPS) is 20.8. The zero-order valence-corrected chi connectivity index (χ0v) is 15.7. The third-order valence-corrected chi connectivity index (χ3v) is 6.27. The predicted octanol–water partition coefficient (Wildman–Crippen LogP) is 3.68. The number of hydrogen-bond donors (Lipinski definition) is 1. The van der Waals surface area contributed by atoms with Crippen molar-refractivity contribution in [1.29, 1.82) is 0 Å². The average molecular weight is 351 g/mol. The molecule has 3 nitrogen and oxygen atoms in total. The van der Waals surface area contributed by atoms with E-state index in [9.17, 15) is 5.11 Å². The van der Waals surface area contributed by atoms with E-state index in [0.29, 0.717) is 6.04 Å². The van der Waals surface area contributed by atoms with Gasteiger partial charge in [-0.25, -0.2) is 0 Å². The molecule has 1 N–H and O–H groups in total. The van der Waals surface area contributed by atoms with Crippen LogP contribution in [0.3, 0.4) is 0 Å².